The average molecular weight is 235 g/mol. The summed E-state index contributed by atoms with van der Waals surface area (Å²) in [6.45, 7) is 5.18. The Morgan fingerprint density at radius 2 is 2.24 bits per heavy atom. The summed E-state index contributed by atoms with van der Waals surface area (Å²) in [7, 11) is 0. The molecule has 0 radical (unpaired) electrons. The van der Waals surface area contributed by atoms with Crippen molar-refractivity contribution >= 4 is 0 Å². The third kappa shape index (κ3) is 2.61. The van der Waals surface area contributed by atoms with Gasteiger partial charge in [0.05, 0.1) is 13.2 Å². The molecule has 0 aliphatic carbocycles. The molecule has 17 heavy (non-hydrogen) atoms. The lowest BCUT2D eigenvalue weighted by atomic mass is 9.91. The van der Waals surface area contributed by atoms with E-state index >= 15 is 0 Å². The van der Waals surface area contributed by atoms with Gasteiger partial charge in [0.2, 0.25) is 0 Å². The van der Waals surface area contributed by atoms with E-state index in [0.29, 0.717) is 5.92 Å². The van der Waals surface area contributed by atoms with E-state index in [1.54, 1.807) is 0 Å². The predicted octanol–water partition coefficient (Wildman–Crippen LogP) is 2.12. The van der Waals surface area contributed by atoms with E-state index in [-0.39, 0.29) is 18.7 Å². The van der Waals surface area contributed by atoms with Crippen LogP contribution in [0, 0.1) is 5.92 Å². The number of hydrogen-bond donors (Lipinski definition) is 2. The fourth-order valence-corrected chi connectivity index (χ4v) is 2.30. The molecule has 3 atom stereocenters. The number of fused-ring (bicyclic) bond motifs is 1. The fourth-order valence-electron chi connectivity index (χ4n) is 2.30. The fraction of sp³-hybridized carbons (Fsp3) is 0.571. The van der Waals surface area contributed by atoms with E-state index in [9.17, 15) is 5.11 Å². The lowest BCUT2D eigenvalue weighted by Gasteiger charge is -2.34. The van der Waals surface area contributed by atoms with Crippen molar-refractivity contribution in [3.05, 3.63) is 29.8 Å². The zero-order valence-electron chi connectivity index (χ0n) is 10.5. The largest absolute Gasteiger partial charge is 0.493 e. The highest BCUT2D eigenvalue weighted by molar-refractivity contribution is 5.38. The smallest absolute Gasteiger partial charge is 0.124 e. The van der Waals surface area contributed by atoms with Crippen LogP contribution in [-0.2, 0) is 0 Å². The number of rotatable bonds is 4. The number of aliphatic hydroxyl groups is 1. The van der Waals surface area contributed by atoms with Gasteiger partial charge in [0.1, 0.15) is 5.75 Å². The minimum atomic E-state index is 0.161. The molecular formula is C14H21NO2. The molecule has 2 rings (SSSR count). The Bertz CT molecular complexity index is 363. The molecule has 0 fully saturated rings. The summed E-state index contributed by atoms with van der Waals surface area (Å²) >= 11 is 0. The Morgan fingerprint density at radius 3 is 2.94 bits per heavy atom. The van der Waals surface area contributed by atoms with Gasteiger partial charge in [-0.1, -0.05) is 32.0 Å². The maximum absolute atomic E-state index is 9.30. The van der Waals surface area contributed by atoms with Gasteiger partial charge in [0.25, 0.3) is 0 Å². The Morgan fingerprint density at radius 1 is 1.47 bits per heavy atom. The summed E-state index contributed by atoms with van der Waals surface area (Å²) in [6.07, 6.45) is 0.933. The second kappa shape index (κ2) is 5.52. The molecule has 1 heterocycles. The SMILES string of the molecule is CC[C@H](CO)NC1c2ccccc2OCC1C. The lowest BCUT2D eigenvalue weighted by molar-refractivity contribution is 0.159. The number of hydrogen-bond acceptors (Lipinski definition) is 3. The second-order valence-corrected chi connectivity index (χ2v) is 4.76. The van der Waals surface area contributed by atoms with E-state index in [1.807, 2.05) is 18.2 Å². The molecule has 0 bridgehead atoms. The monoisotopic (exact) mass is 235 g/mol. The third-order valence-electron chi connectivity index (χ3n) is 3.45. The topological polar surface area (TPSA) is 41.5 Å². The van der Waals surface area contributed by atoms with Crippen LogP contribution in [-0.4, -0.2) is 24.4 Å². The number of aliphatic hydroxyl groups excluding tert-OH is 1. The van der Waals surface area contributed by atoms with Crippen molar-refractivity contribution in [1.29, 1.82) is 0 Å². The van der Waals surface area contributed by atoms with Gasteiger partial charge in [0.15, 0.2) is 0 Å². The van der Waals surface area contributed by atoms with Crippen molar-refractivity contribution in [1.82, 2.24) is 5.32 Å². The number of nitrogens with one attached hydrogen (secondary N) is 1. The molecule has 0 saturated heterocycles. The first-order chi connectivity index (χ1) is 8.26. The Balaban J connectivity index is 2.20. The Kier molecular flexibility index (Phi) is 4.02. The first-order valence-electron chi connectivity index (χ1n) is 6.34. The van der Waals surface area contributed by atoms with Crippen molar-refractivity contribution in [2.75, 3.05) is 13.2 Å². The van der Waals surface area contributed by atoms with E-state index in [0.717, 1.165) is 18.8 Å². The molecular weight excluding hydrogens is 214 g/mol. The van der Waals surface area contributed by atoms with Crippen molar-refractivity contribution in [2.45, 2.75) is 32.4 Å². The second-order valence-electron chi connectivity index (χ2n) is 4.76. The van der Waals surface area contributed by atoms with Crippen LogP contribution < -0.4 is 10.1 Å². The molecule has 1 aromatic carbocycles. The minimum Gasteiger partial charge on any atom is -0.493 e. The van der Waals surface area contributed by atoms with Gasteiger partial charge in [-0.3, -0.25) is 0 Å². The average Bonchev–Trinajstić information content (AvgIpc) is 2.38. The molecule has 0 aromatic heterocycles. The molecule has 2 unspecified atom stereocenters. The van der Waals surface area contributed by atoms with Crippen LogP contribution in [0.5, 0.6) is 5.75 Å². The highest BCUT2D eigenvalue weighted by Crippen LogP contribution is 2.35. The summed E-state index contributed by atoms with van der Waals surface area (Å²) in [5, 5.41) is 12.8. The molecule has 94 valence electrons. The van der Waals surface area contributed by atoms with Gasteiger partial charge in [0, 0.05) is 23.6 Å². The summed E-state index contributed by atoms with van der Waals surface area (Å²) in [6, 6.07) is 8.58. The van der Waals surface area contributed by atoms with Gasteiger partial charge in [-0.05, 0) is 12.5 Å². The van der Waals surface area contributed by atoms with Crippen LogP contribution in [0.3, 0.4) is 0 Å². The zero-order valence-corrected chi connectivity index (χ0v) is 10.5. The van der Waals surface area contributed by atoms with Gasteiger partial charge in [-0.25, -0.2) is 0 Å². The van der Waals surface area contributed by atoms with Gasteiger partial charge in [-0.15, -0.1) is 0 Å². The van der Waals surface area contributed by atoms with Crippen LogP contribution in [0.25, 0.3) is 0 Å². The van der Waals surface area contributed by atoms with Crippen molar-refractivity contribution < 1.29 is 9.84 Å². The summed E-state index contributed by atoms with van der Waals surface area (Å²) in [5.41, 5.74) is 1.21. The van der Waals surface area contributed by atoms with Crippen LogP contribution in [0.2, 0.25) is 0 Å². The number of para-hydroxylation sites is 1. The van der Waals surface area contributed by atoms with E-state index in [4.69, 9.17) is 4.74 Å². The molecule has 1 aliphatic heterocycles. The Labute approximate surface area is 103 Å². The highest BCUT2D eigenvalue weighted by Gasteiger charge is 2.28. The van der Waals surface area contributed by atoms with E-state index < -0.39 is 0 Å². The van der Waals surface area contributed by atoms with E-state index in [2.05, 4.69) is 25.2 Å². The van der Waals surface area contributed by atoms with Crippen LogP contribution in [0.4, 0.5) is 0 Å². The summed E-state index contributed by atoms with van der Waals surface area (Å²) in [4.78, 5) is 0. The third-order valence-corrected chi connectivity index (χ3v) is 3.45. The minimum absolute atomic E-state index is 0.161. The van der Waals surface area contributed by atoms with Crippen molar-refractivity contribution in [3.8, 4) is 5.75 Å². The maximum atomic E-state index is 9.30. The quantitative estimate of drug-likeness (QED) is 0.840. The molecule has 1 aromatic rings. The molecule has 3 heteroatoms. The number of benzene rings is 1. The van der Waals surface area contributed by atoms with Gasteiger partial charge >= 0.3 is 0 Å². The summed E-state index contributed by atoms with van der Waals surface area (Å²) < 4.78 is 5.71. The molecule has 0 amide bonds. The van der Waals surface area contributed by atoms with Crippen LogP contribution in [0.1, 0.15) is 31.9 Å². The Hall–Kier alpha value is -1.06. The van der Waals surface area contributed by atoms with Crippen molar-refractivity contribution in [3.63, 3.8) is 0 Å². The molecule has 0 saturated carbocycles. The first kappa shape index (κ1) is 12.4. The zero-order chi connectivity index (χ0) is 12.3. The number of ether oxygens (including phenoxy) is 1. The normalized spacial score (nSPS) is 24.9. The molecule has 1 aliphatic rings. The van der Waals surface area contributed by atoms with E-state index in [1.165, 1.54) is 5.56 Å². The highest BCUT2D eigenvalue weighted by atomic mass is 16.5. The molecule has 0 spiro atoms. The summed E-state index contributed by atoms with van der Waals surface area (Å²) in [5.74, 6) is 1.39. The molecule has 2 N–H and O–H groups in total. The molecule has 3 nitrogen and oxygen atoms in total. The maximum Gasteiger partial charge on any atom is 0.124 e. The lowest BCUT2D eigenvalue weighted by Crippen LogP contribution is -2.41. The van der Waals surface area contributed by atoms with Crippen LogP contribution >= 0.6 is 0 Å². The predicted molar refractivity (Wildman–Crippen MR) is 68.1 cm³/mol. The van der Waals surface area contributed by atoms with Crippen molar-refractivity contribution in [2.24, 2.45) is 5.92 Å². The standard InChI is InChI=1S/C14H21NO2/c1-3-11(8-16)15-14-10(2)9-17-13-7-5-4-6-12(13)14/h4-7,10-11,14-16H,3,8-9H2,1-2H3/t10?,11-,14?/m1/s1. The van der Waals surface area contributed by atoms with Gasteiger partial charge in [-0.2, -0.15) is 0 Å². The van der Waals surface area contributed by atoms with Crippen LogP contribution in [0.15, 0.2) is 24.3 Å². The first-order valence-corrected chi connectivity index (χ1v) is 6.34. The van der Waals surface area contributed by atoms with Gasteiger partial charge < -0.3 is 15.2 Å².